The molecule has 6 nitrogen and oxygen atoms in total. The summed E-state index contributed by atoms with van der Waals surface area (Å²) >= 11 is 12.3. The first kappa shape index (κ1) is 20.9. The molecule has 0 amide bonds. The summed E-state index contributed by atoms with van der Waals surface area (Å²) in [5.74, 6) is 0.00757. The highest BCUT2D eigenvalue weighted by Crippen LogP contribution is 2.37. The van der Waals surface area contributed by atoms with E-state index in [4.69, 9.17) is 38.4 Å². The Balaban J connectivity index is 1.58. The number of aromatic nitrogens is 3. The van der Waals surface area contributed by atoms with Gasteiger partial charge in [-0.1, -0.05) is 23.2 Å². The van der Waals surface area contributed by atoms with Gasteiger partial charge >= 0.3 is 0 Å². The van der Waals surface area contributed by atoms with Gasteiger partial charge in [0.2, 0.25) is 0 Å². The Labute approximate surface area is 183 Å². The number of rotatable bonds is 5. The molecule has 0 spiro atoms. The van der Waals surface area contributed by atoms with Gasteiger partial charge in [-0.25, -0.2) is 9.37 Å². The van der Waals surface area contributed by atoms with Crippen molar-refractivity contribution in [3.63, 3.8) is 0 Å². The number of benzene rings is 1. The molecule has 9 heteroatoms. The first-order valence-corrected chi connectivity index (χ1v) is 10.4. The van der Waals surface area contributed by atoms with Crippen LogP contribution in [0.1, 0.15) is 37.5 Å². The molecule has 0 unspecified atom stereocenters. The normalized spacial score (nSPS) is 15.9. The Morgan fingerprint density at radius 2 is 2.00 bits per heavy atom. The predicted octanol–water partition coefficient (Wildman–Crippen LogP) is 5.46. The van der Waals surface area contributed by atoms with Crippen LogP contribution in [-0.4, -0.2) is 28.0 Å². The number of nitrogens with two attached hydrogens (primary N) is 1. The van der Waals surface area contributed by atoms with Gasteiger partial charge in [-0.15, -0.1) is 0 Å². The quantitative estimate of drug-likeness (QED) is 0.521. The zero-order chi connectivity index (χ0) is 21.3. The molecule has 1 saturated heterocycles. The van der Waals surface area contributed by atoms with E-state index in [9.17, 15) is 4.39 Å². The van der Waals surface area contributed by atoms with Crippen molar-refractivity contribution < 1.29 is 13.9 Å². The maximum atomic E-state index is 13.9. The van der Waals surface area contributed by atoms with Gasteiger partial charge in [0.15, 0.2) is 11.6 Å². The summed E-state index contributed by atoms with van der Waals surface area (Å²) in [6.07, 6.45) is 6.67. The van der Waals surface area contributed by atoms with Crippen LogP contribution in [-0.2, 0) is 4.74 Å². The first-order valence-electron chi connectivity index (χ1n) is 9.62. The largest absolute Gasteiger partial charge is 0.482 e. The maximum Gasteiger partial charge on any atom is 0.166 e. The second kappa shape index (κ2) is 8.79. The number of ether oxygens (including phenoxy) is 2. The van der Waals surface area contributed by atoms with Gasteiger partial charge < -0.3 is 15.2 Å². The van der Waals surface area contributed by atoms with E-state index in [0.29, 0.717) is 22.4 Å². The Kier molecular flexibility index (Phi) is 6.13. The van der Waals surface area contributed by atoms with Crippen molar-refractivity contribution in [3.05, 3.63) is 58.2 Å². The highest BCUT2D eigenvalue weighted by atomic mass is 35.5. The Morgan fingerprint density at radius 3 is 2.77 bits per heavy atom. The number of nitrogen functional groups attached to an aromatic ring is 1. The number of hydrogen-bond acceptors (Lipinski definition) is 5. The van der Waals surface area contributed by atoms with Crippen molar-refractivity contribution >= 4 is 29.0 Å². The van der Waals surface area contributed by atoms with Crippen LogP contribution in [0.2, 0.25) is 10.0 Å². The molecule has 1 atom stereocenters. The molecule has 1 aliphatic heterocycles. The molecule has 2 N–H and O–H groups in total. The fourth-order valence-electron chi connectivity index (χ4n) is 3.51. The molecule has 158 valence electrons. The van der Waals surface area contributed by atoms with Gasteiger partial charge in [0.25, 0.3) is 0 Å². The third-order valence-corrected chi connectivity index (χ3v) is 5.88. The van der Waals surface area contributed by atoms with Crippen LogP contribution in [0.3, 0.4) is 0 Å². The second-order valence-electron chi connectivity index (χ2n) is 7.18. The van der Waals surface area contributed by atoms with Gasteiger partial charge in [-0.05, 0) is 38.0 Å². The molecule has 1 fully saturated rings. The Morgan fingerprint density at radius 1 is 1.23 bits per heavy atom. The summed E-state index contributed by atoms with van der Waals surface area (Å²) in [6.45, 7) is 3.20. The van der Waals surface area contributed by atoms with Crippen LogP contribution in [0.25, 0.3) is 11.1 Å². The molecular weight excluding hydrogens is 430 g/mol. The molecule has 1 aromatic carbocycles. The van der Waals surface area contributed by atoms with Crippen molar-refractivity contribution in [2.75, 3.05) is 18.9 Å². The monoisotopic (exact) mass is 450 g/mol. The summed E-state index contributed by atoms with van der Waals surface area (Å²) in [5, 5.41) is 4.73. The van der Waals surface area contributed by atoms with E-state index in [1.807, 2.05) is 10.9 Å². The van der Waals surface area contributed by atoms with Crippen molar-refractivity contribution in [1.82, 2.24) is 14.8 Å². The third kappa shape index (κ3) is 4.24. The molecule has 0 aliphatic carbocycles. The minimum Gasteiger partial charge on any atom is -0.482 e. The van der Waals surface area contributed by atoms with Crippen molar-refractivity contribution in [2.24, 2.45) is 0 Å². The minimum atomic E-state index is -0.634. The molecule has 1 aliphatic rings. The van der Waals surface area contributed by atoms with Crippen LogP contribution in [0.4, 0.5) is 10.2 Å². The van der Waals surface area contributed by atoms with Crippen molar-refractivity contribution in [1.29, 1.82) is 0 Å². The Hall–Kier alpha value is -2.35. The van der Waals surface area contributed by atoms with Crippen LogP contribution >= 0.6 is 23.2 Å². The third-order valence-electron chi connectivity index (χ3n) is 5.17. The van der Waals surface area contributed by atoms with Crippen LogP contribution < -0.4 is 10.5 Å². The zero-order valence-electron chi connectivity index (χ0n) is 16.3. The van der Waals surface area contributed by atoms with E-state index >= 15 is 0 Å². The number of pyridine rings is 1. The lowest BCUT2D eigenvalue weighted by Crippen LogP contribution is -2.19. The zero-order valence-corrected chi connectivity index (χ0v) is 17.8. The van der Waals surface area contributed by atoms with Gasteiger partial charge in [-0.3, -0.25) is 4.68 Å². The predicted molar refractivity (Wildman–Crippen MR) is 114 cm³/mol. The summed E-state index contributed by atoms with van der Waals surface area (Å²) in [6, 6.07) is 4.77. The van der Waals surface area contributed by atoms with Gasteiger partial charge in [0, 0.05) is 47.3 Å². The van der Waals surface area contributed by atoms with Gasteiger partial charge in [-0.2, -0.15) is 5.10 Å². The average Bonchev–Trinajstić information content (AvgIpc) is 3.24. The molecule has 0 saturated carbocycles. The molecule has 0 bridgehead atoms. The van der Waals surface area contributed by atoms with Gasteiger partial charge in [0.1, 0.15) is 11.9 Å². The fourth-order valence-corrected chi connectivity index (χ4v) is 4.19. The van der Waals surface area contributed by atoms with E-state index < -0.39 is 11.9 Å². The highest BCUT2D eigenvalue weighted by molar-refractivity contribution is 6.36. The second-order valence-corrected chi connectivity index (χ2v) is 7.96. The number of hydrogen-bond donors (Lipinski definition) is 1. The topological polar surface area (TPSA) is 75.2 Å². The number of nitrogens with zero attached hydrogens (tertiary/aromatic N) is 3. The first-order chi connectivity index (χ1) is 14.4. The number of anilines is 1. The fraction of sp³-hybridized carbons (Fsp3) is 0.333. The van der Waals surface area contributed by atoms with Crippen LogP contribution in [0, 0.1) is 5.82 Å². The molecule has 30 heavy (non-hydrogen) atoms. The average molecular weight is 451 g/mol. The van der Waals surface area contributed by atoms with Crippen LogP contribution in [0.15, 0.2) is 36.8 Å². The lowest BCUT2D eigenvalue weighted by Gasteiger charge is -2.22. The molecular formula is C21H21Cl2FN4O2. The minimum absolute atomic E-state index is 0.0737. The van der Waals surface area contributed by atoms with Crippen LogP contribution in [0.5, 0.6) is 5.75 Å². The summed E-state index contributed by atoms with van der Waals surface area (Å²) in [5.41, 5.74) is 8.07. The summed E-state index contributed by atoms with van der Waals surface area (Å²) in [7, 11) is 0. The molecule has 0 radical (unpaired) electrons. The maximum absolute atomic E-state index is 13.9. The standard InChI is InChI=1S/C21H21Cl2FN4O2/c1-12(19-16(22)2-3-17(24)20(19)23)30-18-8-13(9-26-21(18)25)14-10-27-28(11-14)15-4-6-29-7-5-15/h2-3,8-12,15H,4-7H2,1H3,(H2,25,26)/t12-/m1/s1. The van der Waals surface area contributed by atoms with E-state index in [1.165, 1.54) is 12.1 Å². The van der Waals surface area contributed by atoms with E-state index in [1.54, 1.807) is 25.4 Å². The summed E-state index contributed by atoms with van der Waals surface area (Å²) < 4.78 is 27.2. The molecule has 3 aromatic rings. The smallest absolute Gasteiger partial charge is 0.166 e. The molecule has 3 heterocycles. The van der Waals surface area contributed by atoms with E-state index in [2.05, 4.69) is 10.1 Å². The van der Waals surface area contributed by atoms with Gasteiger partial charge in [0.05, 0.1) is 17.3 Å². The van der Waals surface area contributed by atoms with E-state index in [-0.39, 0.29) is 10.8 Å². The van der Waals surface area contributed by atoms with Crippen molar-refractivity contribution in [2.45, 2.75) is 31.9 Å². The lowest BCUT2D eigenvalue weighted by atomic mass is 10.1. The van der Waals surface area contributed by atoms with Crippen molar-refractivity contribution in [3.8, 4) is 16.9 Å². The lowest BCUT2D eigenvalue weighted by molar-refractivity contribution is 0.0662. The van der Waals surface area contributed by atoms with E-state index in [0.717, 1.165) is 37.2 Å². The summed E-state index contributed by atoms with van der Waals surface area (Å²) in [4.78, 5) is 4.24. The highest BCUT2D eigenvalue weighted by Gasteiger charge is 2.21. The Bertz CT molecular complexity index is 1050. The molecule has 2 aromatic heterocycles. The SMILES string of the molecule is C[C@@H](Oc1cc(-c2cnn(C3CCOCC3)c2)cnc1N)c1c(Cl)ccc(F)c1Cl. The molecule has 4 rings (SSSR count). The number of halogens is 3.